The summed E-state index contributed by atoms with van der Waals surface area (Å²) in [5, 5.41) is 5.30. The van der Waals surface area contributed by atoms with Crippen molar-refractivity contribution in [2.24, 2.45) is 5.14 Å². The van der Waals surface area contributed by atoms with Crippen LogP contribution >= 0.6 is 0 Å². The summed E-state index contributed by atoms with van der Waals surface area (Å²) in [6, 6.07) is 5.39. The number of nitrogens with two attached hydrogens (primary N) is 1. The van der Waals surface area contributed by atoms with Gasteiger partial charge >= 0.3 is 0 Å². The quantitative estimate of drug-likeness (QED) is 0.538. The fraction of sp³-hybridized carbons (Fsp3) is 0.684. The Morgan fingerprint density at radius 1 is 0.870 bits per heavy atom. The van der Waals surface area contributed by atoms with Crippen LogP contribution in [0.4, 0.5) is 0 Å². The second kappa shape index (κ2) is 10.8. The second-order valence-electron chi connectivity index (χ2n) is 6.59. The van der Waals surface area contributed by atoms with Crippen LogP contribution in [-0.4, -0.2) is 8.42 Å². The molecule has 0 radical (unpaired) electrons. The summed E-state index contributed by atoms with van der Waals surface area (Å²) in [6.07, 6.45) is 13.6. The van der Waals surface area contributed by atoms with Crippen molar-refractivity contribution >= 4 is 10.0 Å². The van der Waals surface area contributed by atoms with Gasteiger partial charge in [-0.25, -0.2) is 13.6 Å². The van der Waals surface area contributed by atoms with Gasteiger partial charge in [-0.15, -0.1) is 0 Å². The fourth-order valence-electron chi connectivity index (χ4n) is 2.98. The van der Waals surface area contributed by atoms with Gasteiger partial charge in [-0.2, -0.15) is 0 Å². The van der Waals surface area contributed by atoms with Crippen LogP contribution in [0.5, 0.6) is 0 Å². The van der Waals surface area contributed by atoms with E-state index < -0.39 is 10.0 Å². The van der Waals surface area contributed by atoms with Gasteiger partial charge in [-0.05, 0) is 31.4 Å². The van der Waals surface area contributed by atoms with E-state index in [1.54, 1.807) is 6.07 Å². The molecule has 0 amide bonds. The van der Waals surface area contributed by atoms with Crippen molar-refractivity contribution in [1.82, 2.24) is 0 Å². The first-order chi connectivity index (χ1) is 10.9. The molecule has 0 aliphatic carbocycles. The van der Waals surface area contributed by atoms with E-state index in [1.807, 2.05) is 19.1 Å². The molecule has 0 unspecified atom stereocenters. The molecule has 0 fully saturated rings. The highest BCUT2D eigenvalue weighted by molar-refractivity contribution is 7.89. The number of rotatable bonds is 12. The third-order valence-corrected chi connectivity index (χ3v) is 5.33. The molecule has 132 valence electrons. The van der Waals surface area contributed by atoms with Crippen LogP contribution in [0.3, 0.4) is 0 Å². The van der Waals surface area contributed by atoms with Crippen molar-refractivity contribution in [2.45, 2.75) is 89.4 Å². The Balaban J connectivity index is 2.25. The molecule has 0 spiro atoms. The van der Waals surface area contributed by atoms with E-state index >= 15 is 0 Å². The van der Waals surface area contributed by atoms with E-state index in [9.17, 15) is 8.42 Å². The van der Waals surface area contributed by atoms with Crippen LogP contribution in [0.1, 0.15) is 82.3 Å². The van der Waals surface area contributed by atoms with E-state index in [4.69, 9.17) is 5.14 Å². The lowest BCUT2D eigenvalue weighted by atomic mass is 10.0. The Labute approximate surface area is 142 Å². The maximum atomic E-state index is 11.6. The molecule has 0 aromatic heterocycles. The normalized spacial score (nSPS) is 11.8. The Morgan fingerprint density at radius 3 is 1.91 bits per heavy atom. The molecular weight excluding hydrogens is 306 g/mol. The van der Waals surface area contributed by atoms with Crippen molar-refractivity contribution in [3.63, 3.8) is 0 Å². The number of unbranched alkanes of at least 4 members (excludes halogenated alkanes) is 9. The third kappa shape index (κ3) is 8.52. The fourth-order valence-corrected chi connectivity index (χ4v) is 3.77. The highest BCUT2D eigenvalue weighted by atomic mass is 32.2. The van der Waals surface area contributed by atoms with Gasteiger partial charge in [0.05, 0.1) is 4.90 Å². The molecule has 1 aromatic carbocycles. The van der Waals surface area contributed by atoms with Gasteiger partial charge in [-0.3, -0.25) is 0 Å². The van der Waals surface area contributed by atoms with Gasteiger partial charge in [0.15, 0.2) is 0 Å². The van der Waals surface area contributed by atoms with Crippen LogP contribution in [0.25, 0.3) is 0 Å². The second-order valence-corrected chi connectivity index (χ2v) is 8.12. The smallest absolute Gasteiger partial charge is 0.225 e. The van der Waals surface area contributed by atoms with Gasteiger partial charge in [-0.1, -0.05) is 82.4 Å². The molecule has 23 heavy (non-hydrogen) atoms. The van der Waals surface area contributed by atoms with E-state index in [0.717, 1.165) is 30.4 Å². The van der Waals surface area contributed by atoms with Crippen molar-refractivity contribution in [1.29, 1.82) is 0 Å². The van der Waals surface area contributed by atoms with E-state index in [0.29, 0.717) is 4.90 Å². The van der Waals surface area contributed by atoms with E-state index in [2.05, 4.69) is 6.92 Å². The zero-order chi connectivity index (χ0) is 17.1. The van der Waals surface area contributed by atoms with Crippen LogP contribution in [0, 0.1) is 6.92 Å². The lowest BCUT2D eigenvalue weighted by Gasteiger charge is -2.09. The summed E-state index contributed by atoms with van der Waals surface area (Å²) in [5.41, 5.74) is 1.95. The highest BCUT2D eigenvalue weighted by Gasteiger charge is 2.13. The molecule has 1 rings (SSSR count). The number of hydrogen-bond acceptors (Lipinski definition) is 2. The largest absolute Gasteiger partial charge is 0.238 e. The molecule has 1 aromatic rings. The molecule has 0 aliphatic rings. The lowest BCUT2D eigenvalue weighted by Crippen LogP contribution is -2.14. The molecule has 0 aliphatic heterocycles. The van der Waals surface area contributed by atoms with Crippen molar-refractivity contribution in [3.8, 4) is 0 Å². The molecule has 3 nitrogen and oxygen atoms in total. The molecule has 0 atom stereocenters. The lowest BCUT2D eigenvalue weighted by molar-refractivity contribution is 0.555. The zero-order valence-electron chi connectivity index (χ0n) is 14.8. The van der Waals surface area contributed by atoms with Crippen molar-refractivity contribution in [3.05, 3.63) is 29.3 Å². The maximum absolute atomic E-state index is 11.6. The van der Waals surface area contributed by atoms with Crippen molar-refractivity contribution < 1.29 is 8.42 Å². The molecule has 0 saturated carbocycles. The Bertz CT molecular complexity index is 552. The molecule has 2 N–H and O–H groups in total. The highest BCUT2D eigenvalue weighted by Crippen LogP contribution is 2.19. The van der Waals surface area contributed by atoms with Crippen LogP contribution in [0.15, 0.2) is 23.1 Å². The third-order valence-electron chi connectivity index (χ3n) is 4.32. The molecule has 0 heterocycles. The molecule has 0 bridgehead atoms. The van der Waals surface area contributed by atoms with Crippen LogP contribution in [-0.2, 0) is 16.4 Å². The molecular formula is C19H33NO2S. The predicted octanol–water partition coefficient (Wildman–Crippen LogP) is 5.11. The van der Waals surface area contributed by atoms with E-state index in [1.165, 1.54) is 51.4 Å². The first kappa shape index (κ1) is 20.2. The minimum atomic E-state index is -3.61. The maximum Gasteiger partial charge on any atom is 0.238 e. The zero-order valence-corrected chi connectivity index (χ0v) is 15.6. The van der Waals surface area contributed by atoms with Crippen LogP contribution < -0.4 is 5.14 Å². The average Bonchev–Trinajstić information content (AvgIpc) is 2.48. The summed E-state index contributed by atoms with van der Waals surface area (Å²) in [6.45, 7) is 4.23. The van der Waals surface area contributed by atoms with Gasteiger partial charge in [0.25, 0.3) is 0 Å². The predicted molar refractivity (Wildman–Crippen MR) is 98.1 cm³/mol. The number of primary sulfonamides is 1. The summed E-state index contributed by atoms with van der Waals surface area (Å²) >= 11 is 0. The van der Waals surface area contributed by atoms with Gasteiger partial charge in [0, 0.05) is 0 Å². The monoisotopic (exact) mass is 339 g/mol. The molecule has 0 saturated heterocycles. The summed E-state index contributed by atoms with van der Waals surface area (Å²) in [5.74, 6) is 0. The number of hydrogen-bond donors (Lipinski definition) is 1. The SMILES string of the molecule is CCCCCCCCCCCCc1cc(C)ccc1S(N)(=O)=O. The van der Waals surface area contributed by atoms with Crippen LogP contribution in [0.2, 0.25) is 0 Å². The summed E-state index contributed by atoms with van der Waals surface area (Å²) in [7, 11) is -3.61. The van der Waals surface area contributed by atoms with E-state index in [-0.39, 0.29) is 0 Å². The van der Waals surface area contributed by atoms with Gasteiger partial charge in [0.2, 0.25) is 10.0 Å². The minimum Gasteiger partial charge on any atom is -0.225 e. The summed E-state index contributed by atoms with van der Waals surface area (Å²) < 4.78 is 23.2. The average molecular weight is 340 g/mol. The van der Waals surface area contributed by atoms with Gasteiger partial charge < -0.3 is 0 Å². The number of aryl methyl sites for hydroxylation is 2. The standard InChI is InChI=1S/C19H33NO2S/c1-3-4-5-6-7-8-9-10-11-12-13-18-16-17(2)14-15-19(18)23(20,21)22/h14-16H,3-13H2,1-2H3,(H2,20,21,22). The first-order valence-corrected chi connectivity index (χ1v) is 10.6. The number of sulfonamides is 1. The Hall–Kier alpha value is -0.870. The van der Waals surface area contributed by atoms with Gasteiger partial charge in [0.1, 0.15) is 0 Å². The topological polar surface area (TPSA) is 60.2 Å². The first-order valence-electron chi connectivity index (χ1n) is 9.07. The minimum absolute atomic E-state index is 0.291. The van der Waals surface area contributed by atoms with Crippen molar-refractivity contribution in [2.75, 3.05) is 0 Å². The molecule has 4 heteroatoms. The number of benzene rings is 1. The summed E-state index contributed by atoms with van der Waals surface area (Å²) in [4.78, 5) is 0.291. The Morgan fingerprint density at radius 2 is 1.39 bits per heavy atom. The Kier molecular flexibility index (Phi) is 9.49.